The van der Waals surface area contributed by atoms with Gasteiger partial charge in [0.1, 0.15) is 5.78 Å². The van der Waals surface area contributed by atoms with Crippen LogP contribution in [0, 0.1) is 11.3 Å². The van der Waals surface area contributed by atoms with Crippen LogP contribution in [-0.4, -0.2) is 23.1 Å². The molecule has 0 fully saturated rings. The highest BCUT2D eigenvalue weighted by Gasteiger charge is 2.15. The van der Waals surface area contributed by atoms with Gasteiger partial charge in [-0.15, -0.1) is 0 Å². The molecule has 0 spiro atoms. The molecular weight excluding hydrogens is 228 g/mol. The maximum atomic E-state index is 11.8. The lowest BCUT2D eigenvalue weighted by molar-refractivity contribution is -0.135. The van der Waals surface area contributed by atoms with Crippen LogP contribution < -0.4 is 0 Å². The lowest BCUT2D eigenvalue weighted by atomic mass is 10.1. The van der Waals surface area contributed by atoms with Gasteiger partial charge in [-0.1, -0.05) is 18.2 Å². The maximum absolute atomic E-state index is 11.8. The number of carbonyl (C=O) groups excluding carboxylic acids is 2. The topological polar surface area (TPSA) is 61.2 Å². The third-order valence-corrected chi connectivity index (χ3v) is 2.63. The first-order valence-corrected chi connectivity index (χ1v) is 5.83. The molecule has 0 aliphatic heterocycles. The standard InChI is InChI=1S/C14H16N2O2/c1-3-16(14(18)8-11(2)17)10-13-7-5-4-6-12(13)9-15/h4-7H,3,8,10H2,1-2H3. The van der Waals surface area contributed by atoms with Crippen molar-refractivity contribution in [3.63, 3.8) is 0 Å². The Balaban J connectivity index is 2.83. The molecule has 1 aromatic carbocycles. The third-order valence-electron chi connectivity index (χ3n) is 2.63. The monoisotopic (exact) mass is 244 g/mol. The lowest BCUT2D eigenvalue weighted by Crippen LogP contribution is -2.31. The van der Waals surface area contributed by atoms with Crippen molar-refractivity contribution in [3.8, 4) is 6.07 Å². The predicted molar refractivity (Wildman–Crippen MR) is 67.5 cm³/mol. The minimum atomic E-state index is -0.197. The van der Waals surface area contributed by atoms with E-state index in [1.54, 1.807) is 17.0 Å². The molecule has 0 atom stereocenters. The van der Waals surface area contributed by atoms with Gasteiger partial charge in [0, 0.05) is 13.1 Å². The van der Waals surface area contributed by atoms with E-state index >= 15 is 0 Å². The molecule has 0 N–H and O–H groups in total. The number of hydrogen-bond acceptors (Lipinski definition) is 3. The van der Waals surface area contributed by atoms with E-state index < -0.39 is 0 Å². The van der Waals surface area contributed by atoms with E-state index in [1.165, 1.54) is 6.92 Å². The highest BCUT2D eigenvalue weighted by Crippen LogP contribution is 2.11. The summed E-state index contributed by atoms with van der Waals surface area (Å²) in [5.41, 5.74) is 1.37. The summed E-state index contributed by atoms with van der Waals surface area (Å²) in [5, 5.41) is 8.98. The van der Waals surface area contributed by atoms with Gasteiger partial charge in [-0.2, -0.15) is 5.26 Å². The molecule has 94 valence electrons. The zero-order chi connectivity index (χ0) is 13.5. The number of carbonyl (C=O) groups is 2. The highest BCUT2D eigenvalue weighted by molar-refractivity contribution is 5.96. The molecule has 0 saturated carbocycles. The summed E-state index contributed by atoms with van der Waals surface area (Å²) in [6, 6.07) is 9.26. The molecule has 0 aliphatic rings. The van der Waals surface area contributed by atoms with Gasteiger partial charge in [-0.05, 0) is 25.5 Å². The third kappa shape index (κ3) is 3.70. The van der Waals surface area contributed by atoms with Gasteiger partial charge in [-0.3, -0.25) is 9.59 Å². The van der Waals surface area contributed by atoms with Crippen LogP contribution in [0.5, 0.6) is 0 Å². The van der Waals surface area contributed by atoms with E-state index in [1.807, 2.05) is 19.1 Å². The molecule has 0 heterocycles. The fraction of sp³-hybridized carbons (Fsp3) is 0.357. The van der Waals surface area contributed by atoms with Crippen molar-refractivity contribution in [1.29, 1.82) is 5.26 Å². The molecule has 4 heteroatoms. The Bertz CT molecular complexity index is 489. The van der Waals surface area contributed by atoms with Crippen LogP contribution in [-0.2, 0) is 16.1 Å². The number of nitriles is 1. The Kier molecular flexibility index (Phi) is 5.06. The molecule has 4 nitrogen and oxygen atoms in total. The van der Waals surface area contributed by atoms with E-state index in [2.05, 4.69) is 6.07 Å². The van der Waals surface area contributed by atoms with Crippen molar-refractivity contribution >= 4 is 11.7 Å². The van der Waals surface area contributed by atoms with Crippen LogP contribution in [0.4, 0.5) is 0 Å². The quantitative estimate of drug-likeness (QED) is 0.743. The molecule has 0 unspecified atom stereocenters. The Morgan fingerprint density at radius 1 is 1.33 bits per heavy atom. The average molecular weight is 244 g/mol. The SMILES string of the molecule is CCN(Cc1ccccc1C#N)C(=O)CC(C)=O. The maximum Gasteiger partial charge on any atom is 0.230 e. The fourth-order valence-corrected chi connectivity index (χ4v) is 1.67. The average Bonchev–Trinajstić information content (AvgIpc) is 2.35. The van der Waals surface area contributed by atoms with Gasteiger partial charge in [-0.25, -0.2) is 0 Å². The van der Waals surface area contributed by atoms with Crippen molar-refractivity contribution in [2.24, 2.45) is 0 Å². The molecule has 0 bridgehead atoms. The minimum absolute atomic E-state index is 0.0808. The summed E-state index contributed by atoms with van der Waals surface area (Å²) in [6.45, 7) is 4.14. The highest BCUT2D eigenvalue weighted by atomic mass is 16.2. The predicted octanol–water partition coefficient (Wildman–Crippen LogP) is 1.89. The lowest BCUT2D eigenvalue weighted by Gasteiger charge is -2.21. The largest absolute Gasteiger partial charge is 0.338 e. The number of ketones is 1. The molecule has 0 aromatic heterocycles. The summed E-state index contributed by atoms with van der Waals surface area (Å²) in [5.74, 6) is -0.343. The number of nitrogens with zero attached hydrogens (tertiary/aromatic N) is 2. The van der Waals surface area contributed by atoms with E-state index in [0.717, 1.165) is 5.56 Å². The molecule has 0 radical (unpaired) electrons. The van der Waals surface area contributed by atoms with Crippen LogP contribution in [0.15, 0.2) is 24.3 Å². The van der Waals surface area contributed by atoms with E-state index in [4.69, 9.17) is 5.26 Å². The van der Waals surface area contributed by atoms with Crippen molar-refractivity contribution in [1.82, 2.24) is 4.90 Å². The van der Waals surface area contributed by atoms with Crippen molar-refractivity contribution in [2.45, 2.75) is 26.8 Å². The van der Waals surface area contributed by atoms with E-state index in [0.29, 0.717) is 18.7 Å². The molecule has 0 aliphatic carbocycles. The van der Waals surface area contributed by atoms with Crippen molar-refractivity contribution in [3.05, 3.63) is 35.4 Å². The van der Waals surface area contributed by atoms with Gasteiger partial charge >= 0.3 is 0 Å². The second kappa shape index (κ2) is 6.55. The summed E-state index contributed by atoms with van der Waals surface area (Å²) >= 11 is 0. The summed E-state index contributed by atoms with van der Waals surface area (Å²) in [7, 11) is 0. The molecule has 0 saturated heterocycles. The molecule has 18 heavy (non-hydrogen) atoms. The zero-order valence-corrected chi connectivity index (χ0v) is 10.6. The second-order valence-corrected chi connectivity index (χ2v) is 4.06. The van der Waals surface area contributed by atoms with Crippen molar-refractivity contribution in [2.75, 3.05) is 6.54 Å². The Morgan fingerprint density at radius 2 is 2.00 bits per heavy atom. The smallest absolute Gasteiger partial charge is 0.230 e. The Hall–Kier alpha value is -2.15. The minimum Gasteiger partial charge on any atom is -0.338 e. The number of benzene rings is 1. The van der Waals surface area contributed by atoms with Crippen LogP contribution in [0.25, 0.3) is 0 Å². The molecular formula is C14H16N2O2. The van der Waals surface area contributed by atoms with Gasteiger partial charge in [0.05, 0.1) is 18.1 Å². The number of amides is 1. The van der Waals surface area contributed by atoms with Gasteiger partial charge in [0.2, 0.25) is 5.91 Å². The van der Waals surface area contributed by atoms with Gasteiger partial charge < -0.3 is 4.90 Å². The number of hydrogen-bond donors (Lipinski definition) is 0. The summed E-state index contributed by atoms with van der Waals surface area (Å²) in [4.78, 5) is 24.3. The summed E-state index contributed by atoms with van der Waals surface area (Å²) in [6.07, 6.45) is -0.0808. The molecule has 1 rings (SSSR count). The number of rotatable bonds is 5. The van der Waals surface area contributed by atoms with Crippen LogP contribution in [0.1, 0.15) is 31.4 Å². The van der Waals surface area contributed by atoms with E-state index in [-0.39, 0.29) is 18.1 Å². The van der Waals surface area contributed by atoms with Gasteiger partial charge in [0.15, 0.2) is 0 Å². The van der Waals surface area contributed by atoms with Crippen LogP contribution in [0.3, 0.4) is 0 Å². The fourth-order valence-electron chi connectivity index (χ4n) is 1.67. The normalized spacial score (nSPS) is 9.61. The molecule has 1 aromatic rings. The van der Waals surface area contributed by atoms with Crippen molar-refractivity contribution < 1.29 is 9.59 Å². The Labute approximate surface area is 107 Å². The first kappa shape index (κ1) is 13.9. The molecule has 1 amide bonds. The zero-order valence-electron chi connectivity index (χ0n) is 10.6. The summed E-state index contributed by atoms with van der Waals surface area (Å²) < 4.78 is 0. The number of Topliss-reactive ketones (excluding diaryl/α,β-unsaturated/α-hetero) is 1. The van der Waals surface area contributed by atoms with Gasteiger partial charge in [0.25, 0.3) is 0 Å². The Morgan fingerprint density at radius 3 is 2.56 bits per heavy atom. The second-order valence-electron chi connectivity index (χ2n) is 4.06. The van der Waals surface area contributed by atoms with Crippen LogP contribution >= 0.6 is 0 Å². The first-order chi connectivity index (χ1) is 8.58. The van der Waals surface area contributed by atoms with E-state index in [9.17, 15) is 9.59 Å². The first-order valence-electron chi connectivity index (χ1n) is 5.83. The van der Waals surface area contributed by atoms with Crippen LogP contribution in [0.2, 0.25) is 0 Å².